The molecule has 5 rings (SSSR count). The fourth-order valence-electron chi connectivity index (χ4n) is 4.76. The SMILES string of the molecule is COc1ccc(-c2ccc(Oc3cccc4c3CCC4)c(NC(=O)Nc3cccc(C)c3)c2)cc1C(=O)O. The predicted molar refractivity (Wildman–Crippen MR) is 148 cm³/mol. The quantitative estimate of drug-likeness (QED) is 0.243. The number of carbonyl (C=O) groups excluding carboxylic acids is 1. The molecule has 0 aromatic heterocycles. The Hall–Kier alpha value is -4.78. The van der Waals surface area contributed by atoms with Crippen molar-refractivity contribution in [3.05, 3.63) is 101 Å². The molecular weight excluding hydrogens is 480 g/mol. The number of methoxy groups -OCH3 is 1. The van der Waals surface area contributed by atoms with Gasteiger partial charge in [0.15, 0.2) is 5.75 Å². The topological polar surface area (TPSA) is 96.9 Å². The van der Waals surface area contributed by atoms with E-state index in [4.69, 9.17) is 9.47 Å². The van der Waals surface area contributed by atoms with Crippen molar-refractivity contribution in [3.63, 3.8) is 0 Å². The van der Waals surface area contributed by atoms with Gasteiger partial charge in [0.25, 0.3) is 0 Å². The van der Waals surface area contributed by atoms with Crippen LogP contribution >= 0.6 is 0 Å². The summed E-state index contributed by atoms with van der Waals surface area (Å²) in [5.74, 6) is 0.445. The van der Waals surface area contributed by atoms with Crippen LogP contribution in [0.4, 0.5) is 16.2 Å². The number of urea groups is 1. The molecule has 7 heteroatoms. The highest BCUT2D eigenvalue weighted by atomic mass is 16.5. The Morgan fingerprint density at radius 1 is 0.816 bits per heavy atom. The summed E-state index contributed by atoms with van der Waals surface area (Å²) in [7, 11) is 1.43. The second-order valence-corrected chi connectivity index (χ2v) is 9.23. The molecule has 0 radical (unpaired) electrons. The molecule has 2 amide bonds. The van der Waals surface area contributed by atoms with Crippen LogP contribution in [-0.2, 0) is 12.8 Å². The summed E-state index contributed by atoms with van der Waals surface area (Å²) in [5, 5.41) is 15.4. The first-order valence-corrected chi connectivity index (χ1v) is 12.4. The van der Waals surface area contributed by atoms with Gasteiger partial charge in [0.1, 0.15) is 17.1 Å². The molecule has 0 aliphatic heterocycles. The Balaban J connectivity index is 1.51. The number of anilines is 2. The minimum atomic E-state index is -1.09. The maximum atomic E-state index is 13.0. The van der Waals surface area contributed by atoms with Crippen molar-refractivity contribution in [2.24, 2.45) is 0 Å². The molecule has 0 atom stereocenters. The van der Waals surface area contributed by atoms with Crippen molar-refractivity contribution < 1.29 is 24.2 Å². The van der Waals surface area contributed by atoms with E-state index in [0.29, 0.717) is 28.3 Å². The minimum Gasteiger partial charge on any atom is -0.496 e. The summed E-state index contributed by atoms with van der Waals surface area (Å²) in [6, 6.07) is 23.5. The fraction of sp³-hybridized carbons (Fsp3) is 0.161. The predicted octanol–water partition coefficient (Wildman–Crippen LogP) is 7.29. The van der Waals surface area contributed by atoms with Gasteiger partial charge in [-0.1, -0.05) is 36.4 Å². The molecule has 0 bridgehead atoms. The van der Waals surface area contributed by atoms with Crippen LogP contribution < -0.4 is 20.1 Å². The Bertz CT molecular complexity index is 1530. The highest BCUT2D eigenvalue weighted by Gasteiger charge is 2.19. The molecule has 0 unspecified atom stereocenters. The van der Waals surface area contributed by atoms with Gasteiger partial charge in [0.2, 0.25) is 0 Å². The highest BCUT2D eigenvalue weighted by molar-refractivity contribution is 6.01. The number of benzene rings is 4. The van der Waals surface area contributed by atoms with E-state index >= 15 is 0 Å². The van der Waals surface area contributed by atoms with Gasteiger partial charge in [-0.25, -0.2) is 9.59 Å². The summed E-state index contributed by atoms with van der Waals surface area (Å²) in [4.78, 5) is 24.7. The Labute approximate surface area is 221 Å². The zero-order valence-corrected chi connectivity index (χ0v) is 21.2. The van der Waals surface area contributed by atoms with E-state index in [9.17, 15) is 14.7 Å². The van der Waals surface area contributed by atoms with E-state index in [-0.39, 0.29) is 11.3 Å². The van der Waals surface area contributed by atoms with Gasteiger partial charge in [-0.05, 0) is 96.5 Å². The van der Waals surface area contributed by atoms with Crippen LogP contribution in [0, 0.1) is 6.92 Å². The fourth-order valence-corrected chi connectivity index (χ4v) is 4.76. The van der Waals surface area contributed by atoms with E-state index in [0.717, 1.165) is 30.6 Å². The second-order valence-electron chi connectivity index (χ2n) is 9.23. The smallest absolute Gasteiger partial charge is 0.339 e. The summed E-state index contributed by atoms with van der Waals surface area (Å²) >= 11 is 0. The third-order valence-corrected chi connectivity index (χ3v) is 6.59. The lowest BCUT2D eigenvalue weighted by Crippen LogP contribution is -2.19. The number of hydrogen-bond donors (Lipinski definition) is 3. The van der Waals surface area contributed by atoms with Gasteiger partial charge in [-0.3, -0.25) is 0 Å². The molecule has 0 saturated carbocycles. The summed E-state index contributed by atoms with van der Waals surface area (Å²) < 4.78 is 11.6. The maximum Gasteiger partial charge on any atom is 0.339 e. The number of ether oxygens (including phenoxy) is 2. The maximum absolute atomic E-state index is 13.0. The molecule has 0 fully saturated rings. The van der Waals surface area contributed by atoms with Crippen LogP contribution in [0.15, 0.2) is 78.9 Å². The van der Waals surface area contributed by atoms with Crippen molar-refractivity contribution in [1.29, 1.82) is 0 Å². The molecule has 1 aliphatic carbocycles. The molecule has 4 aromatic rings. The van der Waals surface area contributed by atoms with Crippen LogP contribution in [0.1, 0.15) is 33.5 Å². The first kappa shape index (κ1) is 24.9. The lowest BCUT2D eigenvalue weighted by Gasteiger charge is -2.17. The zero-order valence-electron chi connectivity index (χ0n) is 21.2. The van der Waals surface area contributed by atoms with Gasteiger partial charge >= 0.3 is 12.0 Å². The van der Waals surface area contributed by atoms with Gasteiger partial charge in [-0.15, -0.1) is 0 Å². The van der Waals surface area contributed by atoms with Crippen LogP contribution in [-0.4, -0.2) is 24.2 Å². The third kappa shape index (κ3) is 5.32. The average molecular weight is 509 g/mol. The third-order valence-electron chi connectivity index (χ3n) is 6.59. The molecule has 3 N–H and O–H groups in total. The van der Waals surface area contributed by atoms with E-state index in [2.05, 4.69) is 16.7 Å². The summed E-state index contributed by atoms with van der Waals surface area (Å²) in [6.45, 7) is 1.96. The molecule has 1 aliphatic rings. The van der Waals surface area contributed by atoms with Crippen molar-refractivity contribution in [1.82, 2.24) is 0 Å². The summed E-state index contributed by atoms with van der Waals surface area (Å²) in [5.41, 5.74) is 6.05. The van der Waals surface area contributed by atoms with Crippen LogP contribution in [0.3, 0.4) is 0 Å². The standard InChI is InChI=1S/C31H28N2O5/c1-19-6-3-9-23(16-19)32-31(36)33-26-18-22(21-12-14-27(37-2)25(17-21)30(34)35)13-15-29(26)38-28-11-5-8-20-7-4-10-24(20)28/h3,5-6,8-9,11-18H,4,7,10H2,1-2H3,(H,34,35)(H2,32,33,36). The van der Waals surface area contributed by atoms with Gasteiger partial charge in [0, 0.05) is 5.69 Å². The van der Waals surface area contributed by atoms with Crippen LogP contribution in [0.25, 0.3) is 11.1 Å². The number of rotatable bonds is 7. The Morgan fingerprint density at radius 3 is 2.34 bits per heavy atom. The number of nitrogens with one attached hydrogen (secondary N) is 2. The summed E-state index contributed by atoms with van der Waals surface area (Å²) in [6.07, 6.45) is 3.06. The van der Waals surface area contributed by atoms with E-state index < -0.39 is 12.0 Å². The lowest BCUT2D eigenvalue weighted by molar-refractivity contribution is 0.0693. The lowest BCUT2D eigenvalue weighted by atomic mass is 10.0. The van der Waals surface area contributed by atoms with Gasteiger partial charge < -0.3 is 25.2 Å². The number of aryl methyl sites for hydroxylation is 2. The molecule has 0 saturated heterocycles. The largest absolute Gasteiger partial charge is 0.496 e. The van der Waals surface area contributed by atoms with Gasteiger partial charge in [-0.2, -0.15) is 0 Å². The number of fused-ring (bicyclic) bond motifs is 1. The number of amides is 2. The van der Waals surface area contributed by atoms with Crippen molar-refractivity contribution >= 4 is 23.4 Å². The van der Waals surface area contributed by atoms with Crippen molar-refractivity contribution in [2.75, 3.05) is 17.7 Å². The normalized spacial score (nSPS) is 11.9. The number of carboxylic acid groups (broad SMARTS) is 1. The molecule has 0 heterocycles. The molecule has 0 spiro atoms. The second kappa shape index (κ2) is 10.7. The first-order valence-electron chi connectivity index (χ1n) is 12.4. The zero-order chi connectivity index (χ0) is 26.6. The molecule has 38 heavy (non-hydrogen) atoms. The number of carbonyl (C=O) groups is 2. The van der Waals surface area contributed by atoms with Crippen molar-refractivity contribution in [3.8, 4) is 28.4 Å². The van der Waals surface area contributed by atoms with Crippen molar-refractivity contribution in [2.45, 2.75) is 26.2 Å². The Kier molecular flexibility index (Phi) is 7.00. The average Bonchev–Trinajstić information content (AvgIpc) is 3.39. The molecule has 7 nitrogen and oxygen atoms in total. The monoisotopic (exact) mass is 508 g/mol. The number of hydrogen-bond acceptors (Lipinski definition) is 4. The van der Waals surface area contributed by atoms with E-state index in [1.165, 1.54) is 18.2 Å². The Morgan fingerprint density at radius 2 is 1.58 bits per heavy atom. The van der Waals surface area contributed by atoms with Crippen LogP contribution in [0.5, 0.6) is 17.2 Å². The molecular formula is C31H28N2O5. The molecule has 192 valence electrons. The number of aromatic carboxylic acids is 1. The van der Waals surface area contributed by atoms with Gasteiger partial charge in [0.05, 0.1) is 12.8 Å². The van der Waals surface area contributed by atoms with E-state index in [1.54, 1.807) is 30.3 Å². The minimum absolute atomic E-state index is 0.0527. The van der Waals surface area contributed by atoms with Crippen LogP contribution in [0.2, 0.25) is 0 Å². The van der Waals surface area contributed by atoms with E-state index in [1.807, 2.05) is 49.4 Å². The highest BCUT2D eigenvalue weighted by Crippen LogP contribution is 2.38. The molecule has 4 aromatic carbocycles. The number of carboxylic acids is 1. The first-order chi connectivity index (χ1) is 18.4.